The lowest BCUT2D eigenvalue weighted by Crippen LogP contribution is -2.35. The molecule has 10 heteroatoms. The van der Waals surface area contributed by atoms with Crippen molar-refractivity contribution in [2.75, 3.05) is 32.9 Å². The van der Waals surface area contributed by atoms with E-state index in [0.717, 1.165) is 25.3 Å². The van der Waals surface area contributed by atoms with Gasteiger partial charge in [0.05, 0.1) is 23.7 Å². The SMILES string of the molecule is CN(C)S(=O)(=O)CCCN1CCn2nc([C@@H](O)c3nccn3C)cc2C1. The third-order valence-corrected chi connectivity index (χ3v) is 6.63. The van der Waals surface area contributed by atoms with Gasteiger partial charge in [-0.15, -0.1) is 0 Å². The smallest absolute Gasteiger partial charge is 0.213 e. The Morgan fingerprint density at radius 1 is 1.35 bits per heavy atom. The van der Waals surface area contributed by atoms with E-state index in [-0.39, 0.29) is 5.75 Å². The highest BCUT2D eigenvalue weighted by Crippen LogP contribution is 2.22. The fraction of sp³-hybridized carbons (Fsp3) is 0.625. The lowest BCUT2D eigenvalue weighted by Gasteiger charge is -2.27. The first kappa shape index (κ1) is 19.0. The van der Waals surface area contributed by atoms with Crippen LogP contribution in [0.4, 0.5) is 0 Å². The normalized spacial score (nSPS) is 16.8. The van der Waals surface area contributed by atoms with Crippen LogP contribution in [0, 0.1) is 0 Å². The summed E-state index contributed by atoms with van der Waals surface area (Å²) in [5.74, 6) is 0.713. The minimum absolute atomic E-state index is 0.152. The summed E-state index contributed by atoms with van der Waals surface area (Å²) in [5.41, 5.74) is 1.61. The second-order valence-corrected chi connectivity index (χ2v) is 9.11. The van der Waals surface area contributed by atoms with Crippen molar-refractivity contribution in [1.29, 1.82) is 0 Å². The molecule has 0 amide bonds. The molecule has 0 bridgehead atoms. The second kappa shape index (κ2) is 7.47. The molecule has 1 N–H and O–H groups in total. The molecule has 0 aliphatic carbocycles. The summed E-state index contributed by atoms with van der Waals surface area (Å²) >= 11 is 0. The first-order chi connectivity index (χ1) is 12.3. The van der Waals surface area contributed by atoms with E-state index in [0.29, 0.717) is 24.5 Å². The first-order valence-corrected chi connectivity index (χ1v) is 10.2. The quantitative estimate of drug-likeness (QED) is 0.712. The number of aryl methyl sites for hydroxylation is 1. The topological polar surface area (TPSA) is 96.5 Å². The fourth-order valence-corrected chi connectivity index (χ4v) is 3.95. The molecule has 144 valence electrons. The Kier molecular flexibility index (Phi) is 5.47. The molecule has 2 aromatic heterocycles. The molecule has 0 spiro atoms. The lowest BCUT2D eigenvalue weighted by molar-refractivity contribution is 0.196. The van der Waals surface area contributed by atoms with Crippen molar-refractivity contribution >= 4 is 10.0 Å². The number of hydrogen-bond donors (Lipinski definition) is 1. The Hall–Kier alpha value is -1.75. The average molecular weight is 382 g/mol. The van der Waals surface area contributed by atoms with Gasteiger partial charge in [-0.2, -0.15) is 5.10 Å². The minimum Gasteiger partial charge on any atom is -0.379 e. The summed E-state index contributed by atoms with van der Waals surface area (Å²) < 4.78 is 28.6. The molecule has 0 aromatic carbocycles. The number of sulfonamides is 1. The summed E-state index contributed by atoms with van der Waals surface area (Å²) in [6.07, 6.45) is 3.18. The van der Waals surface area contributed by atoms with E-state index in [4.69, 9.17) is 0 Å². The van der Waals surface area contributed by atoms with Gasteiger partial charge in [-0.3, -0.25) is 9.58 Å². The summed E-state index contributed by atoms with van der Waals surface area (Å²) in [7, 11) is 1.81. The van der Waals surface area contributed by atoms with Crippen molar-refractivity contribution in [3.05, 3.63) is 35.7 Å². The minimum atomic E-state index is -3.15. The molecule has 0 fully saturated rings. The molecule has 26 heavy (non-hydrogen) atoms. The van der Waals surface area contributed by atoms with E-state index < -0.39 is 16.1 Å². The number of nitrogens with zero attached hydrogens (tertiary/aromatic N) is 6. The van der Waals surface area contributed by atoms with Gasteiger partial charge in [0.1, 0.15) is 5.82 Å². The highest BCUT2D eigenvalue weighted by Gasteiger charge is 2.24. The van der Waals surface area contributed by atoms with Crippen molar-refractivity contribution in [3.8, 4) is 0 Å². The molecule has 0 unspecified atom stereocenters. The number of aliphatic hydroxyl groups is 1. The number of hydrogen-bond acceptors (Lipinski definition) is 6. The fourth-order valence-electron chi connectivity index (χ4n) is 3.09. The van der Waals surface area contributed by atoms with Crippen molar-refractivity contribution in [1.82, 2.24) is 28.5 Å². The van der Waals surface area contributed by atoms with Gasteiger partial charge in [-0.25, -0.2) is 17.7 Å². The molecule has 3 heterocycles. The van der Waals surface area contributed by atoms with Gasteiger partial charge in [-0.1, -0.05) is 0 Å². The highest BCUT2D eigenvalue weighted by atomic mass is 32.2. The monoisotopic (exact) mass is 382 g/mol. The summed E-state index contributed by atoms with van der Waals surface area (Å²) in [4.78, 5) is 6.40. The Balaban J connectivity index is 1.61. The predicted octanol–water partition coefficient (Wildman–Crippen LogP) is -0.205. The molecule has 9 nitrogen and oxygen atoms in total. The van der Waals surface area contributed by atoms with E-state index in [9.17, 15) is 13.5 Å². The van der Waals surface area contributed by atoms with E-state index in [1.54, 1.807) is 31.1 Å². The Bertz CT molecular complexity index is 857. The van der Waals surface area contributed by atoms with E-state index in [2.05, 4.69) is 15.0 Å². The van der Waals surface area contributed by atoms with Gasteiger partial charge in [0.2, 0.25) is 10.0 Å². The summed E-state index contributed by atoms with van der Waals surface area (Å²) in [5, 5.41) is 15.0. The maximum Gasteiger partial charge on any atom is 0.213 e. The Morgan fingerprint density at radius 2 is 2.12 bits per heavy atom. The van der Waals surface area contributed by atoms with Gasteiger partial charge in [0.15, 0.2) is 6.10 Å². The molecule has 1 aliphatic heterocycles. The second-order valence-electron chi connectivity index (χ2n) is 6.81. The zero-order valence-corrected chi connectivity index (χ0v) is 16.2. The van der Waals surface area contributed by atoms with Crippen LogP contribution in [0.3, 0.4) is 0 Å². The Morgan fingerprint density at radius 3 is 2.77 bits per heavy atom. The van der Waals surface area contributed by atoms with Crippen LogP contribution in [0.15, 0.2) is 18.5 Å². The van der Waals surface area contributed by atoms with Crippen molar-refractivity contribution in [2.24, 2.45) is 7.05 Å². The predicted molar refractivity (Wildman–Crippen MR) is 96.9 cm³/mol. The molecule has 1 atom stereocenters. The molecule has 0 radical (unpaired) electrons. The number of aromatic nitrogens is 4. The van der Waals surface area contributed by atoms with Crippen LogP contribution in [-0.4, -0.2) is 75.0 Å². The first-order valence-electron chi connectivity index (χ1n) is 8.62. The van der Waals surface area contributed by atoms with E-state index in [1.807, 2.05) is 17.8 Å². The largest absolute Gasteiger partial charge is 0.379 e. The van der Waals surface area contributed by atoms with Crippen LogP contribution in [0.25, 0.3) is 0 Å². The highest BCUT2D eigenvalue weighted by molar-refractivity contribution is 7.89. The zero-order chi connectivity index (χ0) is 18.9. The number of rotatable bonds is 7. The number of aliphatic hydroxyl groups excluding tert-OH is 1. The van der Waals surface area contributed by atoms with Crippen LogP contribution >= 0.6 is 0 Å². The molecule has 3 rings (SSSR count). The van der Waals surface area contributed by atoms with Crippen LogP contribution in [0.5, 0.6) is 0 Å². The van der Waals surface area contributed by atoms with Crippen LogP contribution in [0.1, 0.15) is 29.7 Å². The average Bonchev–Trinajstić information content (AvgIpc) is 3.19. The standard InChI is InChI=1S/C16H26N6O3S/c1-19(2)26(24,25)10-4-6-21-8-9-22-13(12-21)11-14(18-22)15(23)16-17-5-7-20(16)3/h5,7,11,15,23H,4,6,8-10,12H2,1-3H3/t15-/m1/s1. The Labute approximate surface area is 153 Å². The van der Waals surface area contributed by atoms with Crippen LogP contribution in [0.2, 0.25) is 0 Å². The molecular formula is C16H26N6O3S. The van der Waals surface area contributed by atoms with Crippen molar-refractivity contribution < 1.29 is 13.5 Å². The maximum atomic E-state index is 11.8. The molecule has 1 aliphatic rings. The molecule has 0 saturated heterocycles. The number of fused-ring (bicyclic) bond motifs is 1. The van der Waals surface area contributed by atoms with Gasteiger partial charge >= 0.3 is 0 Å². The molecule has 2 aromatic rings. The lowest BCUT2D eigenvalue weighted by atomic mass is 10.2. The van der Waals surface area contributed by atoms with Crippen molar-refractivity contribution in [2.45, 2.75) is 25.6 Å². The van der Waals surface area contributed by atoms with Gasteiger partial charge in [0.25, 0.3) is 0 Å². The van der Waals surface area contributed by atoms with Crippen LogP contribution < -0.4 is 0 Å². The van der Waals surface area contributed by atoms with Gasteiger partial charge in [0, 0.05) is 46.6 Å². The molecular weight excluding hydrogens is 356 g/mol. The molecule has 0 saturated carbocycles. The summed E-state index contributed by atoms with van der Waals surface area (Å²) in [6, 6.07) is 1.90. The summed E-state index contributed by atoms with van der Waals surface area (Å²) in [6.45, 7) is 2.95. The third kappa shape index (κ3) is 3.98. The van der Waals surface area contributed by atoms with E-state index in [1.165, 1.54) is 4.31 Å². The maximum absolute atomic E-state index is 11.8. The zero-order valence-electron chi connectivity index (χ0n) is 15.4. The van der Waals surface area contributed by atoms with Crippen molar-refractivity contribution in [3.63, 3.8) is 0 Å². The number of imidazole rings is 1. The van der Waals surface area contributed by atoms with E-state index >= 15 is 0 Å². The van der Waals surface area contributed by atoms with Gasteiger partial charge < -0.3 is 9.67 Å². The van der Waals surface area contributed by atoms with Crippen LogP contribution in [-0.2, 0) is 30.2 Å². The van der Waals surface area contributed by atoms with Gasteiger partial charge in [-0.05, 0) is 19.0 Å². The third-order valence-electron chi connectivity index (χ3n) is 4.71.